The van der Waals surface area contributed by atoms with Gasteiger partial charge >= 0.3 is 12.0 Å². The van der Waals surface area contributed by atoms with Crippen LogP contribution in [0.2, 0.25) is 0 Å². The number of carboxylic acids is 1. The van der Waals surface area contributed by atoms with Gasteiger partial charge in [-0.1, -0.05) is 27.7 Å². The van der Waals surface area contributed by atoms with Gasteiger partial charge in [-0.2, -0.15) is 0 Å². The number of urea groups is 1. The molecule has 120 valence electrons. The van der Waals surface area contributed by atoms with E-state index in [1.54, 1.807) is 0 Å². The molecule has 5 heteroatoms. The minimum Gasteiger partial charge on any atom is -0.480 e. The maximum Gasteiger partial charge on any atom is 0.323 e. The Hall–Kier alpha value is -1.26. The molecule has 2 saturated carbocycles. The van der Waals surface area contributed by atoms with Crippen molar-refractivity contribution >= 4 is 12.0 Å². The number of amides is 2. The minimum atomic E-state index is -0.961. The molecule has 2 amide bonds. The summed E-state index contributed by atoms with van der Waals surface area (Å²) in [7, 11) is 0. The maximum atomic E-state index is 12.5. The van der Waals surface area contributed by atoms with E-state index in [-0.39, 0.29) is 29.4 Å². The summed E-state index contributed by atoms with van der Waals surface area (Å²) in [6.45, 7) is 8.92. The van der Waals surface area contributed by atoms with E-state index in [0.717, 1.165) is 19.3 Å². The van der Waals surface area contributed by atoms with E-state index in [2.05, 4.69) is 26.1 Å². The summed E-state index contributed by atoms with van der Waals surface area (Å²) in [6.07, 6.45) is 4.31. The molecule has 2 fully saturated rings. The first-order chi connectivity index (χ1) is 9.70. The molecule has 0 aromatic rings. The first-order valence-corrected chi connectivity index (χ1v) is 7.98. The van der Waals surface area contributed by atoms with Crippen molar-refractivity contribution in [1.82, 2.24) is 10.2 Å². The maximum absolute atomic E-state index is 12.5. The number of hydrogen-bond donors (Lipinski definition) is 2. The van der Waals surface area contributed by atoms with Gasteiger partial charge in [-0.3, -0.25) is 4.79 Å². The van der Waals surface area contributed by atoms with E-state index in [4.69, 9.17) is 5.11 Å². The van der Waals surface area contributed by atoms with E-state index in [9.17, 15) is 9.59 Å². The van der Waals surface area contributed by atoms with Crippen LogP contribution in [0.4, 0.5) is 4.79 Å². The summed E-state index contributed by atoms with van der Waals surface area (Å²) in [4.78, 5) is 24.8. The van der Waals surface area contributed by atoms with Crippen LogP contribution in [0.3, 0.4) is 0 Å². The highest BCUT2D eigenvalue weighted by Gasteiger charge is 2.59. The molecule has 5 nitrogen and oxygen atoms in total. The Morgan fingerprint density at radius 3 is 2.48 bits per heavy atom. The van der Waals surface area contributed by atoms with Crippen LogP contribution in [0, 0.1) is 16.7 Å². The van der Waals surface area contributed by atoms with Gasteiger partial charge in [-0.05, 0) is 42.4 Å². The Kier molecular flexibility index (Phi) is 4.22. The topological polar surface area (TPSA) is 69.6 Å². The van der Waals surface area contributed by atoms with Crippen LogP contribution < -0.4 is 5.32 Å². The zero-order chi connectivity index (χ0) is 15.8. The zero-order valence-corrected chi connectivity index (χ0v) is 13.6. The van der Waals surface area contributed by atoms with E-state index in [0.29, 0.717) is 12.5 Å². The first-order valence-electron chi connectivity index (χ1n) is 7.98. The van der Waals surface area contributed by atoms with E-state index in [1.807, 2.05) is 6.92 Å². The predicted molar refractivity (Wildman–Crippen MR) is 81.0 cm³/mol. The third kappa shape index (κ3) is 2.87. The molecule has 2 rings (SSSR count). The molecular formula is C16H28N2O3. The van der Waals surface area contributed by atoms with Crippen molar-refractivity contribution in [2.24, 2.45) is 16.7 Å². The summed E-state index contributed by atoms with van der Waals surface area (Å²) in [5.41, 5.74) is 0.245. The van der Waals surface area contributed by atoms with Crippen molar-refractivity contribution in [2.75, 3.05) is 13.1 Å². The van der Waals surface area contributed by atoms with Crippen molar-refractivity contribution in [1.29, 1.82) is 0 Å². The SMILES string of the molecule is CCCN(CC(=O)O)C(=O)NC1C2(C)CCC(C2)C1(C)C. The molecule has 3 unspecified atom stereocenters. The van der Waals surface area contributed by atoms with Gasteiger partial charge in [0.05, 0.1) is 0 Å². The highest BCUT2D eigenvalue weighted by Crippen LogP contribution is 2.62. The number of carboxylic acid groups (broad SMARTS) is 1. The lowest BCUT2D eigenvalue weighted by Gasteiger charge is -2.43. The zero-order valence-electron chi connectivity index (χ0n) is 13.6. The van der Waals surface area contributed by atoms with Crippen molar-refractivity contribution < 1.29 is 14.7 Å². The van der Waals surface area contributed by atoms with Crippen LogP contribution >= 0.6 is 0 Å². The fraction of sp³-hybridized carbons (Fsp3) is 0.875. The molecule has 2 aliphatic rings. The predicted octanol–water partition coefficient (Wildman–Crippen LogP) is 2.71. The van der Waals surface area contributed by atoms with Crippen molar-refractivity contribution in [3.63, 3.8) is 0 Å². The second-order valence-corrected chi connectivity index (χ2v) is 7.61. The number of carbonyl (C=O) groups excluding carboxylic acids is 1. The minimum absolute atomic E-state index is 0.0871. The lowest BCUT2D eigenvalue weighted by atomic mass is 9.68. The van der Waals surface area contributed by atoms with Gasteiger partial charge in [0.15, 0.2) is 0 Å². The first kappa shape index (κ1) is 16.1. The van der Waals surface area contributed by atoms with Gasteiger partial charge in [-0.15, -0.1) is 0 Å². The van der Waals surface area contributed by atoms with E-state index < -0.39 is 5.97 Å². The summed E-state index contributed by atoms with van der Waals surface area (Å²) < 4.78 is 0. The fourth-order valence-corrected chi connectivity index (χ4v) is 4.56. The molecule has 0 aliphatic heterocycles. The fourth-order valence-electron chi connectivity index (χ4n) is 4.56. The van der Waals surface area contributed by atoms with Crippen LogP contribution in [0.5, 0.6) is 0 Å². The third-order valence-corrected chi connectivity index (χ3v) is 5.64. The third-order valence-electron chi connectivity index (χ3n) is 5.64. The van der Waals surface area contributed by atoms with E-state index in [1.165, 1.54) is 11.3 Å². The Balaban J connectivity index is 2.09. The molecule has 21 heavy (non-hydrogen) atoms. The Labute approximate surface area is 127 Å². The van der Waals surface area contributed by atoms with Crippen LogP contribution in [0.25, 0.3) is 0 Å². The van der Waals surface area contributed by atoms with Crippen molar-refractivity contribution in [3.8, 4) is 0 Å². The van der Waals surface area contributed by atoms with Crippen molar-refractivity contribution in [3.05, 3.63) is 0 Å². The molecule has 2 bridgehead atoms. The van der Waals surface area contributed by atoms with Gasteiger partial charge in [0.2, 0.25) is 0 Å². The highest BCUT2D eigenvalue weighted by molar-refractivity contribution is 5.80. The second-order valence-electron chi connectivity index (χ2n) is 7.61. The monoisotopic (exact) mass is 296 g/mol. The Bertz CT molecular complexity index is 430. The number of hydrogen-bond acceptors (Lipinski definition) is 2. The van der Waals surface area contributed by atoms with Crippen LogP contribution in [0.1, 0.15) is 53.4 Å². The molecule has 0 saturated heterocycles. The highest BCUT2D eigenvalue weighted by atomic mass is 16.4. The number of fused-ring (bicyclic) bond motifs is 2. The number of rotatable bonds is 5. The van der Waals surface area contributed by atoms with Crippen LogP contribution in [0.15, 0.2) is 0 Å². The van der Waals surface area contributed by atoms with Gasteiger partial charge in [0.1, 0.15) is 6.54 Å². The lowest BCUT2D eigenvalue weighted by molar-refractivity contribution is -0.137. The van der Waals surface area contributed by atoms with E-state index >= 15 is 0 Å². The van der Waals surface area contributed by atoms with Gasteiger partial charge in [0.25, 0.3) is 0 Å². The molecule has 0 heterocycles. The van der Waals surface area contributed by atoms with Crippen LogP contribution in [-0.4, -0.2) is 41.1 Å². The molecule has 3 atom stereocenters. The number of aliphatic carboxylic acids is 1. The molecule has 0 spiro atoms. The van der Waals surface area contributed by atoms with Crippen molar-refractivity contribution in [2.45, 2.75) is 59.4 Å². The van der Waals surface area contributed by atoms with Gasteiger partial charge < -0.3 is 15.3 Å². The molecule has 0 radical (unpaired) electrons. The summed E-state index contributed by atoms with van der Waals surface area (Å²) in [5, 5.41) is 12.1. The largest absolute Gasteiger partial charge is 0.480 e. The average molecular weight is 296 g/mol. The molecule has 2 N–H and O–H groups in total. The summed E-state index contributed by atoms with van der Waals surface area (Å²) in [6, 6.07) is -0.101. The summed E-state index contributed by atoms with van der Waals surface area (Å²) >= 11 is 0. The number of nitrogens with one attached hydrogen (secondary N) is 1. The molecule has 0 aromatic heterocycles. The normalized spacial score (nSPS) is 33.0. The molecular weight excluding hydrogens is 268 g/mol. The Morgan fingerprint density at radius 1 is 1.33 bits per heavy atom. The van der Waals surface area contributed by atoms with Gasteiger partial charge in [0, 0.05) is 12.6 Å². The smallest absolute Gasteiger partial charge is 0.323 e. The number of nitrogens with zero attached hydrogens (tertiary/aromatic N) is 1. The summed E-state index contributed by atoms with van der Waals surface area (Å²) in [5.74, 6) is -0.302. The Morgan fingerprint density at radius 2 is 2.00 bits per heavy atom. The second kappa shape index (κ2) is 5.50. The molecule has 0 aromatic carbocycles. The number of carbonyl (C=O) groups is 2. The average Bonchev–Trinajstić information content (AvgIpc) is 2.84. The molecule has 2 aliphatic carbocycles. The van der Waals surface area contributed by atoms with Gasteiger partial charge in [-0.25, -0.2) is 4.79 Å². The lowest BCUT2D eigenvalue weighted by Crippen LogP contribution is -2.56. The van der Waals surface area contributed by atoms with Crippen LogP contribution in [-0.2, 0) is 4.79 Å². The quantitative estimate of drug-likeness (QED) is 0.819. The standard InChI is InChI=1S/C16H28N2O3/c1-5-8-18(10-12(19)20)14(21)17-13-15(2,3)11-6-7-16(13,4)9-11/h11,13H,5-10H2,1-4H3,(H,17,21)(H,19,20).